The van der Waals surface area contributed by atoms with Gasteiger partial charge in [-0.3, -0.25) is 4.68 Å². The third kappa shape index (κ3) is 2.48. The summed E-state index contributed by atoms with van der Waals surface area (Å²) in [6, 6.07) is 1.68. The number of hydrogen-bond acceptors (Lipinski definition) is 7. The van der Waals surface area contributed by atoms with Crippen LogP contribution in [0.15, 0.2) is 12.3 Å². The van der Waals surface area contributed by atoms with Crippen LogP contribution in [-0.4, -0.2) is 19.7 Å². The van der Waals surface area contributed by atoms with Gasteiger partial charge >= 0.3 is 0 Å². The number of nitrogens with one attached hydrogen (secondary N) is 2. The van der Waals surface area contributed by atoms with E-state index in [9.17, 15) is 0 Å². The van der Waals surface area contributed by atoms with E-state index >= 15 is 0 Å². The zero-order chi connectivity index (χ0) is 13.1. The van der Waals surface area contributed by atoms with Crippen molar-refractivity contribution in [3.8, 4) is 0 Å². The first-order valence-corrected chi connectivity index (χ1v) is 5.42. The first-order valence-electron chi connectivity index (χ1n) is 5.42. The van der Waals surface area contributed by atoms with E-state index in [1.165, 1.54) is 0 Å². The number of aryl methyl sites for hydroxylation is 1. The van der Waals surface area contributed by atoms with Crippen LogP contribution in [0.25, 0.3) is 0 Å². The fourth-order valence-corrected chi connectivity index (χ4v) is 1.53. The van der Waals surface area contributed by atoms with Gasteiger partial charge in [-0.15, -0.1) is 0 Å². The molecule has 2 rings (SSSR count). The van der Waals surface area contributed by atoms with Crippen LogP contribution in [0.1, 0.15) is 11.3 Å². The van der Waals surface area contributed by atoms with E-state index in [2.05, 4.69) is 25.8 Å². The molecule has 8 heteroatoms. The van der Waals surface area contributed by atoms with E-state index in [0.717, 1.165) is 11.3 Å². The van der Waals surface area contributed by atoms with Crippen molar-refractivity contribution in [1.82, 2.24) is 19.7 Å². The highest BCUT2D eigenvalue weighted by molar-refractivity contribution is 5.50. The van der Waals surface area contributed by atoms with Crippen molar-refractivity contribution in [2.24, 2.45) is 12.9 Å². The van der Waals surface area contributed by atoms with Gasteiger partial charge in [0.15, 0.2) is 0 Å². The van der Waals surface area contributed by atoms with Crippen LogP contribution in [0.3, 0.4) is 0 Å². The van der Waals surface area contributed by atoms with E-state index in [-0.39, 0.29) is 5.95 Å². The van der Waals surface area contributed by atoms with E-state index in [0.29, 0.717) is 18.2 Å². The molecule has 0 fully saturated rings. The average Bonchev–Trinajstić information content (AvgIpc) is 2.67. The summed E-state index contributed by atoms with van der Waals surface area (Å²) in [7, 11) is 1.90. The topological polar surface area (TPSA) is 120 Å². The minimum atomic E-state index is 0.163. The summed E-state index contributed by atoms with van der Waals surface area (Å²) in [4.78, 5) is 7.97. The second-order valence-corrected chi connectivity index (χ2v) is 3.87. The van der Waals surface area contributed by atoms with Crippen molar-refractivity contribution >= 4 is 17.6 Å². The summed E-state index contributed by atoms with van der Waals surface area (Å²) in [5.41, 5.74) is 10.2. The highest BCUT2D eigenvalue weighted by Gasteiger charge is 2.05. The van der Waals surface area contributed by atoms with E-state index in [4.69, 9.17) is 11.6 Å². The molecule has 0 aliphatic rings. The van der Waals surface area contributed by atoms with E-state index in [1.54, 1.807) is 6.07 Å². The second-order valence-electron chi connectivity index (χ2n) is 3.87. The summed E-state index contributed by atoms with van der Waals surface area (Å²) in [5.74, 6) is 6.52. The molecule has 2 heterocycles. The van der Waals surface area contributed by atoms with Gasteiger partial charge in [-0.2, -0.15) is 15.1 Å². The Morgan fingerprint density at radius 1 is 1.33 bits per heavy atom. The lowest BCUT2D eigenvalue weighted by atomic mass is 10.2. The normalized spacial score (nSPS) is 10.4. The lowest BCUT2D eigenvalue weighted by molar-refractivity contribution is 0.738. The highest BCUT2D eigenvalue weighted by atomic mass is 15.3. The lowest BCUT2D eigenvalue weighted by Crippen LogP contribution is -2.12. The van der Waals surface area contributed by atoms with Crippen molar-refractivity contribution in [3.63, 3.8) is 0 Å². The fourth-order valence-electron chi connectivity index (χ4n) is 1.53. The summed E-state index contributed by atoms with van der Waals surface area (Å²) in [6.07, 6.45) is 1.81. The molecule has 0 aliphatic heterocycles. The predicted molar refractivity (Wildman–Crippen MR) is 69.5 cm³/mol. The van der Waals surface area contributed by atoms with E-state index < -0.39 is 0 Å². The first-order chi connectivity index (χ1) is 8.60. The largest absolute Gasteiger partial charge is 0.368 e. The third-order valence-corrected chi connectivity index (χ3v) is 2.69. The lowest BCUT2D eigenvalue weighted by Gasteiger charge is -2.07. The monoisotopic (exact) mass is 248 g/mol. The van der Waals surface area contributed by atoms with Crippen molar-refractivity contribution < 1.29 is 0 Å². The molecular weight excluding hydrogens is 232 g/mol. The van der Waals surface area contributed by atoms with Crippen LogP contribution in [0.5, 0.6) is 0 Å². The third-order valence-electron chi connectivity index (χ3n) is 2.69. The maximum atomic E-state index is 5.56. The SMILES string of the molecule is Cc1c(CNc2cc(NN)nc(N)n2)cnn1C. The van der Waals surface area contributed by atoms with Gasteiger partial charge in [0.1, 0.15) is 11.6 Å². The van der Waals surface area contributed by atoms with Gasteiger partial charge in [-0.25, -0.2) is 5.84 Å². The maximum absolute atomic E-state index is 5.56. The molecule has 0 spiro atoms. The Morgan fingerprint density at radius 2 is 2.06 bits per heavy atom. The highest BCUT2D eigenvalue weighted by Crippen LogP contribution is 2.13. The van der Waals surface area contributed by atoms with Gasteiger partial charge in [0.05, 0.1) is 6.20 Å². The Bertz CT molecular complexity index is 547. The summed E-state index contributed by atoms with van der Waals surface area (Å²) in [6.45, 7) is 2.62. The van der Waals surface area contributed by atoms with Crippen molar-refractivity contribution in [1.29, 1.82) is 0 Å². The minimum absolute atomic E-state index is 0.163. The minimum Gasteiger partial charge on any atom is -0.368 e. The molecule has 0 bridgehead atoms. The molecule has 18 heavy (non-hydrogen) atoms. The van der Waals surface area contributed by atoms with Crippen LogP contribution in [-0.2, 0) is 13.6 Å². The number of hydrogen-bond donors (Lipinski definition) is 4. The van der Waals surface area contributed by atoms with Gasteiger partial charge in [0.2, 0.25) is 5.95 Å². The van der Waals surface area contributed by atoms with Gasteiger partial charge in [0, 0.05) is 30.9 Å². The Kier molecular flexibility index (Phi) is 3.28. The standard InChI is InChI=1S/C10H16N8/c1-6-7(5-14-18(6)2)4-13-8-3-9(17-12)16-10(11)15-8/h3,5H,4,12H2,1-2H3,(H4,11,13,15,16,17). The molecule has 6 N–H and O–H groups in total. The molecule has 96 valence electrons. The molecule has 0 saturated heterocycles. The number of hydrazine groups is 1. The maximum Gasteiger partial charge on any atom is 0.223 e. The Morgan fingerprint density at radius 3 is 2.67 bits per heavy atom. The van der Waals surface area contributed by atoms with Gasteiger partial charge in [0.25, 0.3) is 0 Å². The molecule has 0 amide bonds. The average molecular weight is 248 g/mol. The second kappa shape index (κ2) is 4.88. The van der Waals surface area contributed by atoms with E-state index in [1.807, 2.05) is 24.9 Å². The number of nitrogens with zero attached hydrogens (tertiary/aromatic N) is 4. The molecule has 8 nitrogen and oxygen atoms in total. The summed E-state index contributed by atoms with van der Waals surface area (Å²) < 4.78 is 1.82. The van der Waals surface area contributed by atoms with Crippen molar-refractivity contribution in [2.45, 2.75) is 13.5 Å². The summed E-state index contributed by atoms with van der Waals surface area (Å²) >= 11 is 0. The van der Waals surface area contributed by atoms with Crippen molar-refractivity contribution in [3.05, 3.63) is 23.5 Å². The fraction of sp³-hybridized carbons (Fsp3) is 0.300. The zero-order valence-corrected chi connectivity index (χ0v) is 10.3. The van der Waals surface area contributed by atoms with Gasteiger partial charge in [-0.1, -0.05) is 0 Å². The van der Waals surface area contributed by atoms with Crippen molar-refractivity contribution in [2.75, 3.05) is 16.5 Å². The number of nitrogens with two attached hydrogens (primary N) is 2. The molecule has 2 aromatic heterocycles. The Balaban J connectivity index is 2.10. The molecule has 2 aromatic rings. The molecule has 0 radical (unpaired) electrons. The summed E-state index contributed by atoms with van der Waals surface area (Å²) in [5, 5.41) is 7.32. The smallest absolute Gasteiger partial charge is 0.223 e. The number of nitrogen functional groups attached to an aromatic ring is 2. The number of rotatable bonds is 4. The van der Waals surface area contributed by atoms with Crippen LogP contribution < -0.4 is 22.3 Å². The number of aromatic nitrogens is 4. The first kappa shape index (κ1) is 12.1. The Hall–Kier alpha value is -2.35. The van der Waals surface area contributed by atoms with Crippen LogP contribution in [0.2, 0.25) is 0 Å². The molecule has 0 aliphatic carbocycles. The zero-order valence-electron chi connectivity index (χ0n) is 10.3. The quantitative estimate of drug-likeness (QED) is 0.444. The molecule has 0 saturated carbocycles. The Labute approximate surface area is 104 Å². The van der Waals surface area contributed by atoms with Crippen LogP contribution in [0, 0.1) is 6.92 Å². The van der Waals surface area contributed by atoms with Gasteiger partial charge < -0.3 is 16.5 Å². The molecule has 0 atom stereocenters. The van der Waals surface area contributed by atoms with Crippen LogP contribution in [0.4, 0.5) is 17.6 Å². The predicted octanol–water partition coefficient (Wildman–Crippen LogP) is -0.00158. The number of anilines is 3. The van der Waals surface area contributed by atoms with Gasteiger partial charge in [-0.05, 0) is 6.92 Å². The van der Waals surface area contributed by atoms with Crippen LogP contribution >= 0.6 is 0 Å². The molecule has 0 aromatic carbocycles. The molecular formula is C10H16N8. The molecule has 0 unspecified atom stereocenters.